The number of nitrogens with zero attached hydrogens (tertiary/aromatic N) is 2. The average molecular weight is 239 g/mol. The summed E-state index contributed by atoms with van der Waals surface area (Å²) in [5.74, 6) is 0.681. The van der Waals surface area contributed by atoms with Gasteiger partial charge in [-0.1, -0.05) is 18.2 Å². The molecule has 18 heavy (non-hydrogen) atoms. The van der Waals surface area contributed by atoms with Crippen LogP contribution in [0.1, 0.15) is 5.56 Å². The van der Waals surface area contributed by atoms with E-state index in [0.717, 1.165) is 28.5 Å². The molecule has 1 aromatic carbocycles. The zero-order valence-electron chi connectivity index (χ0n) is 9.84. The normalized spacial score (nSPS) is 10.9. The molecule has 4 nitrogen and oxygen atoms in total. The number of hydrogen-bond donors (Lipinski definition) is 1. The second kappa shape index (κ2) is 4.58. The first-order chi connectivity index (χ1) is 8.88. The van der Waals surface area contributed by atoms with Gasteiger partial charge in [-0.3, -0.25) is 0 Å². The Labute approximate surface area is 104 Å². The molecule has 0 spiro atoms. The summed E-state index contributed by atoms with van der Waals surface area (Å²) >= 11 is 0. The quantitative estimate of drug-likeness (QED) is 0.762. The molecule has 0 fully saturated rings. The van der Waals surface area contributed by atoms with E-state index in [9.17, 15) is 0 Å². The molecule has 2 aromatic heterocycles. The van der Waals surface area contributed by atoms with Crippen molar-refractivity contribution in [1.29, 1.82) is 0 Å². The molecule has 0 aliphatic carbocycles. The molecule has 0 unspecified atom stereocenters. The van der Waals surface area contributed by atoms with E-state index >= 15 is 0 Å². The lowest BCUT2D eigenvalue weighted by Crippen LogP contribution is -2.03. The summed E-state index contributed by atoms with van der Waals surface area (Å²) < 4.78 is 5.48. The molecule has 3 aromatic rings. The van der Waals surface area contributed by atoms with Crippen LogP contribution in [0.25, 0.3) is 22.4 Å². The topological polar surface area (TPSA) is 64.9 Å². The van der Waals surface area contributed by atoms with Gasteiger partial charge in [0, 0.05) is 17.8 Å². The molecule has 2 heterocycles. The molecule has 0 atom stereocenters. The highest BCUT2D eigenvalue weighted by molar-refractivity contribution is 5.91. The van der Waals surface area contributed by atoms with Crippen LogP contribution in [0.2, 0.25) is 0 Å². The van der Waals surface area contributed by atoms with Crippen LogP contribution < -0.4 is 5.73 Å². The average Bonchev–Trinajstić information content (AvgIpc) is 2.84. The zero-order chi connectivity index (χ0) is 12.4. The minimum atomic E-state index is 0.608. The maximum absolute atomic E-state index is 5.50. The lowest BCUT2D eigenvalue weighted by Gasteiger charge is -1.99. The smallest absolute Gasteiger partial charge is 0.163 e. The van der Waals surface area contributed by atoms with E-state index in [0.29, 0.717) is 12.4 Å². The molecule has 0 bridgehead atoms. The Morgan fingerprint density at radius 3 is 2.67 bits per heavy atom. The number of nitrogens with two attached hydrogens (primary N) is 1. The van der Waals surface area contributed by atoms with Gasteiger partial charge in [-0.05, 0) is 24.6 Å². The Balaban J connectivity index is 2.03. The first kappa shape index (κ1) is 10.9. The fourth-order valence-electron chi connectivity index (χ4n) is 1.94. The lowest BCUT2D eigenvalue weighted by molar-refractivity contribution is 0.616. The van der Waals surface area contributed by atoms with Crippen LogP contribution in [0.15, 0.2) is 47.3 Å². The molecule has 0 radical (unpaired) electrons. The second-order valence-corrected chi connectivity index (χ2v) is 4.10. The highest BCUT2D eigenvalue weighted by Gasteiger charge is 2.09. The minimum Gasteiger partial charge on any atom is -0.464 e. The molecule has 0 saturated heterocycles. The number of aromatic nitrogens is 2. The van der Waals surface area contributed by atoms with E-state index < -0.39 is 0 Å². The molecule has 4 heteroatoms. The Bertz CT molecular complexity index is 658. The molecular weight excluding hydrogens is 226 g/mol. The second-order valence-electron chi connectivity index (χ2n) is 4.10. The standard InChI is InChI=1S/C14H13N3O/c15-6-5-10-7-16-14(17-8-10)12-9-18-13-4-2-1-3-11(12)13/h1-4,7-9H,5-6,15H2. The third-order valence-electron chi connectivity index (χ3n) is 2.86. The van der Waals surface area contributed by atoms with Crippen molar-refractivity contribution >= 4 is 11.0 Å². The maximum atomic E-state index is 5.50. The predicted octanol–water partition coefficient (Wildman–Crippen LogP) is 2.39. The van der Waals surface area contributed by atoms with Crippen LogP contribution in [-0.4, -0.2) is 16.5 Å². The fraction of sp³-hybridized carbons (Fsp3) is 0.143. The van der Waals surface area contributed by atoms with Gasteiger partial charge in [-0.15, -0.1) is 0 Å². The van der Waals surface area contributed by atoms with Gasteiger partial charge in [0.05, 0.1) is 5.56 Å². The third kappa shape index (κ3) is 1.87. The van der Waals surface area contributed by atoms with Crippen molar-refractivity contribution < 1.29 is 4.42 Å². The molecule has 90 valence electrons. The summed E-state index contributed by atoms with van der Waals surface area (Å²) in [6, 6.07) is 7.86. The van der Waals surface area contributed by atoms with Gasteiger partial charge in [-0.25, -0.2) is 9.97 Å². The number of furan rings is 1. The van der Waals surface area contributed by atoms with Gasteiger partial charge in [0.25, 0.3) is 0 Å². The molecule has 0 aliphatic heterocycles. The van der Waals surface area contributed by atoms with Crippen molar-refractivity contribution in [3.63, 3.8) is 0 Å². The molecular formula is C14H13N3O. The minimum absolute atomic E-state index is 0.608. The Kier molecular flexibility index (Phi) is 2.78. The highest BCUT2D eigenvalue weighted by Crippen LogP contribution is 2.27. The number of fused-ring (bicyclic) bond motifs is 1. The van der Waals surface area contributed by atoms with Gasteiger partial charge < -0.3 is 10.2 Å². The van der Waals surface area contributed by atoms with Gasteiger partial charge in [0.2, 0.25) is 0 Å². The summed E-state index contributed by atoms with van der Waals surface area (Å²) in [6.07, 6.45) is 6.13. The van der Waals surface area contributed by atoms with Crippen LogP contribution in [0.5, 0.6) is 0 Å². The number of para-hydroxylation sites is 1. The molecule has 3 rings (SSSR count). The van der Waals surface area contributed by atoms with E-state index in [-0.39, 0.29) is 0 Å². The summed E-state index contributed by atoms with van der Waals surface area (Å²) in [6.45, 7) is 0.608. The van der Waals surface area contributed by atoms with Crippen LogP contribution >= 0.6 is 0 Å². The van der Waals surface area contributed by atoms with Crippen molar-refractivity contribution in [3.8, 4) is 11.4 Å². The van der Waals surface area contributed by atoms with Crippen molar-refractivity contribution in [2.75, 3.05) is 6.54 Å². The number of benzene rings is 1. The monoisotopic (exact) mass is 239 g/mol. The Morgan fingerprint density at radius 2 is 1.89 bits per heavy atom. The van der Waals surface area contributed by atoms with E-state index in [1.807, 2.05) is 36.7 Å². The number of hydrogen-bond acceptors (Lipinski definition) is 4. The SMILES string of the molecule is NCCc1cnc(-c2coc3ccccc23)nc1. The maximum Gasteiger partial charge on any atom is 0.163 e. The molecule has 0 aliphatic rings. The van der Waals surface area contributed by atoms with E-state index in [1.54, 1.807) is 6.26 Å². The van der Waals surface area contributed by atoms with E-state index in [2.05, 4.69) is 9.97 Å². The molecule has 0 saturated carbocycles. The van der Waals surface area contributed by atoms with Gasteiger partial charge in [-0.2, -0.15) is 0 Å². The van der Waals surface area contributed by atoms with Crippen LogP contribution in [0.4, 0.5) is 0 Å². The Morgan fingerprint density at radius 1 is 1.11 bits per heavy atom. The van der Waals surface area contributed by atoms with Crippen molar-refractivity contribution in [2.24, 2.45) is 5.73 Å². The first-order valence-electron chi connectivity index (χ1n) is 5.86. The summed E-state index contributed by atoms with van der Waals surface area (Å²) in [5.41, 5.74) is 8.32. The van der Waals surface area contributed by atoms with Crippen molar-refractivity contribution in [1.82, 2.24) is 9.97 Å². The van der Waals surface area contributed by atoms with E-state index in [1.165, 1.54) is 0 Å². The largest absolute Gasteiger partial charge is 0.464 e. The fourth-order valence-corrected chi connectivity index (χ4v) is 1.94. The van der Waals surface area contributed by atoms with Crippen molar-refractivity contribution in [3.05, 3.63) is 48.5 Å². The molecule has 0 amide bonds. The van der Waals surface area contributed by atoms with Gasteiger partial charge in [0.15, 0.2) is 5.82 Å². The van der Waals surface area contributed by atoms with Crippen molar-refractivity contribution in [2.45, 2.75) is 6.42 Å². The van der Waals surface area contributed by atoms with Gasteiger partial charge in [0.1, 0.15) is 11.8 Å². The Hall–Kier alpha value is -2.20. The summed E-state index contributed by atoms with van der Waals surface area (Å²) in [5, 5.41) is 1.03. The third-order valence-corrected chi connectivity index (χ3v) is 2.86. The highest BCUT2D eigenvalue weighted by atomic mass is 16.3. The lowest BCUT2D eigenvalue weighted by atomic mass is 10.1. The van der Waals surface area contributed by atoms with Crippen LogP contribution in [-0.2, 0) is 6.42 Å². The van der Waals surface area contributed by atoms with Crippen LogP contribution in [0, 0.1) is 0 Å². The number of rotatable bonds is 3. The first-order valence-corrected chi connectivity index (χ1v) is 5.86. The summed E-state index contributed by atoms with van der Waals surface area (Å²) in [7, 11) is 0. The molecule has 2 N–H and O–H groups in total. The predicted molar refractivity (Wildman–Crippen MR) is 70.0 cm³/mol. The van der Waals surface area contributed by atoms with Gasteiger partial charge >= 0.3 is 0 Å². The zero-order valence-corrected chi connectivity index (χ0v) is 9.84. The summed E-state index contributed by atoms with van der Waals surface area (Å²) in [4.78, 5) is 8.73. The van der Waals surface area contributed by atoms with Crippen LogP contribution in [0.3, 0.4) is 0 Å². The van der Waals surface area contributed by atoms with E-state index in [4.69, 9.17) is 10.2 Å².